The van der Waals surface area contributed by atoms with E-state index in [0.29, 0.717) is 30.4 Å². The quantitative estimate of drug-likeness (QED) is 0.674. The molecule has 100 valence electrons. The summed E-state index contributed by atoms with van der Waals surface area (Å²) in [4.78, 5) is 0. The van der Waals surface area contributed by atoms with Gasteiger partial charge < -0.3 is 15.2 Å². The first-order valence-corrected chi connectivity index (χ1v) is 6.09. The van der Waals surface area contributed by atoms with Gasteiger partial charge in [0.2, 0.25) is 0 Å². The van der Waals surface area contributed by atoms with E-state index in [2.05, 4.69) is 0 Å². The van der Waals surface area contributed by atoms with Gasteiger partial charge in [-0.05, 0) is 24.3 Å². The molecule has 5 heteroatoms. The summed E-state index contributed by atoms with van der Waals surface area (Å²) in [6, 6.07) is 11.4. The lowest BCUT2D eigenvalue weighted by Gasteiger charge is -2.09. The molecule has 0 aromatic heterocycles. The Bertz CT molecular complexity index is 563. The molecular weight excluding hydrogens is 269 g/mol. The first kappa shape index (κ1) is 13.5. The average molecular weight is 282 g/mol. The summed E-state index contributed by atoms with van der Waals surface area (Å²) in [7, 11) is 0. The maximum atomic E-state index is 13.1. The molecule has 0 radical (unpaired) electrons. The summed E-state index contributed by atoms with van der Waals surface area (Å²) in [5.41, 5.74) is 6.26. The van der Waals surface area contributed by atoms with Crippen molar-refractivity contribution in [3.63, 3.8) is 0 Å². The van der Waals surface area contributed by atoms with Crippen LogP contribution in [0, 0.1) is 5.82 Å². The normalized spacial score (nSPS) is 10.2. The molecule has 2 rings (SSSR count). The molecule has 0 saturated heterocycles. The van der Waals surface area contributed by atoms with Gasteiger partial charge in [0.25, 0.3) is 0 Å². The monoisotopic (exact) mass is 281 g/mol. The van der Waals surface area contributed by atoms with Gasteiger partial charge in [-0.1, -0.05) is 17.7 Å². The van der Waals surface area contributed by atoms with Crippen molar-refractivity contribution >= 4 is 17.3 Å². The number of benzene rings is 2. The average Bonchev–Trinajstić information content (AvgIpc) is 2.39. The van der Waals surface area contributed by atoms with Crippen LogP contribution in [0.15, 0.2) is 42.5 Å². The van der Waals surface area contributed by atoms with Gasteiger partial charge in [-0.2, -0.15) is 0 Å². The van der Waals surface area contributed by atoms with Crippen LogP contribution in [-0.2, 0) is 0 Å². The number of anilines is 1. The van der Waals surface area contributed by atoms with Crippen molar-refractivity contribution in [1.29, 1.82) is 0 Å². The van der Waals surface area contributed by atoms with Gasteiger partial charge in [-0.3, -0.25) is 0 Å². The molecule has 0 heterocycles. The van der Waals surface area contributed by atoms with Gasteiger partial charge in [-0.25, -0.2) is 4.39 Å². The molecule has 0 saturated carbocycles. The summed E-state index contributed by atoms with van der Waals surface area (Å²) >= 11 is 5.57. The molecule has 3 nitrogen and oxygen atoms in total. The fraction of sp³-hybridized carbons (Fsp3) is 0.143. The van der Waals surface area contributed by atoms with E-state index in [1.54, 1.807) is 30.3 Å². The maximum absolute atomic E-state index is 13.1. The molecule has 0 bridgehead atoms. The van der Waals surface area contributed by atoms with Gasteiger partial charge in [0.05, 0.1) is 5.02 Å². The van der Waals surface area contributed by atoms with Gasteiger partial charge in [0.1, 0.15) is 30.5 Å². The van der Waals surface area contributed by atoms with Crippen molar-refractivity contribution in [2.75, 3.05) is 18.9 Å². The van der Waals surface area contributed by atoms with E-state index >= 15 is 0 Å². The fourth-order valence-electron chi connectivity index (χ4n) is 1.49. The zero-order valence-electron chi connectivity index (χ0n) is 10.1. The van der Waals surface area contributed by atoms with Crippen molar-refractivity contribution in [3.8, 4) is 11.5 Å². The molecule has 0 unspecified atom stereocenters. The lowest BCUT2D eigenvalue weighted by atomic mass is 10.3. The van der Waals surface area contributed by atoms with Crippen LogP contribution in [0.5, 0.6) is 11.5 Å². The Labute approximate surface area is 115 Å². The van der Waals surface area contributed by atoms with Crippen molar-refractivity contribution in [3.05, 3.63) is 53.3 Å². The Morgan fingerprint density at radius 2 is 1.68 bits per heavy atom. The van der Waals surface area contributed by atoms with Crippen LogP contribution >= 0.6 is 11.6 Å². The largest absolute Gasteiger partial charge is 0.490 e. The van der Waals surface area contributed by atoms with Crippen LogP contribution < -0.4 is 15.2 Å². The second-order valence-corrected chi connectivity index (χ2v) is 4.25. The summed E-state index contributed by atoms with van der Waals surface area (Å²) in [5, 5.41) is 0.0726. The van der Waals surface area contributed by atoms with E-state index in [1.165, 1.54) is 12.1 Å². The number of halogens is 2. The minimum absolute atomic E-state index is 0.0726. The number of hydrogen-bond acceptors (Lipinski definition) is 3. The molecular formula is C14H13ClFNO2. The zero-order chi connectivity index (χ0) is 13.7. The van der Waals surface area contributed by atoms with Crippen molar-refractivity contribution in [2.24, 2.45) is 0 Å². The highest BCUT2D eigenvalue weighted by atomic mass is 35.5. The van der Waals surface area contributed by atoms with E-state index in [1.807, 2.05) is 0 Å². The highest BCUT2D eigenvalue weighted by Crippen LogP contribution is 2.20. The van der Waals surface area contributed by atoms with Crippen molar-refractivity contribution in [2.45, 2.75) is 0 Å². The highest BCUT2D eigenvalue weighted by molar-refractivity contribution is 6.30. The lowest BCUT2D eigenvalue weighted by Crippen LogP contribution is -2.09. The topological polar surface area (TPSA) is 44.5 Å². The van der Waals surface area contributed by atoms with E-state index < -0.39 is 5.82 Å². The first-order chi connectivity index (χ1) is 9.15. The van der Waals surface area contributed by atoms with Crippen LogP contribution in [0.2, 0.25) is 5.02 Å². The van der Waals surface area contributed by atoms with E-state index in [9.17, 15) is 4.39 Å². The van der Waals surface area contributed by atoms with Gasteiger partial charge in [0.15, 0.2) is 0 Å². The van der Waals surface area contributed by atoms with Crippen LogP contribution in [0.25, 0.3) is 0 Å². The zero-order valence-corrected chi connectivity index (χ0v) is 10.9. The maximum Gasteiger partial charge on any atom is 0.145 e. The van der Waals surface area contributed by atoms with E-state index in [4.69, 9.17) is 26.8 Å². The molecule has 0 aliphatic heterocycles. The summed E-state index contributed by atoms with van der Waals surface area (Å²) in [6.45, 7) is 0.642. The van der Waals surface area contributed by atoms with Gasteiger partial charge in [-0.15, -0.1) is 0 Å². The Morgan fingerprint density at radius 1 is 1.00 bits per heavy atom. The molecule has 0 aliphatic rings. The molecule has 2 aromatic carbocycles. The number of hydrogen-bond donors (Lipinski definition) is 1. The summed E-state index contributed by atoms with van der Waals surface area (Å²) in [6.07, 6.45) is 0. The molecule has 0 atom stereocenters. The van der Waals surface area contributed by atoms with Crippen LogP contribution in [0.1, 0.15) is 0 Å². The lowest BCUT2D eigenvalue weighted by molar-refractivity contribution is 0.216. The van der Waals surface area contributed by atoms with Crippen molar-refractivity contribution < 1.29 is 13.9 Å². The number of rotatable bonds is 5. The van der Waals surface area contributed by atoms with Gasteiger partial charge >= 0.3 is 0 Å². The molecule has 0 spiro atoms. The fourth-order valence-corrected chi connectivity index (χ4v) is 1.61. The van der Waals surface area contributed by atoms with Crippen LogP contribution in [0.4, 0.5) is 10.1 Å². The predicted octanol–water partition coefficient (Wildman–Crippen LogP) is 3.52. The van der Waals surface area contributed by atoms with Gasteiger partial charge in [0, 0.05) is 17.8 Å². The molecule has 0 amide bonds. The Balaban J connectivity index is 1.79. The molecule has 0 aliphatic carbocycles. The number of nitrogen functional groups attached to an aromatic ring is 1. The molecule has 2 aromatic rings. The Morgan fingerprint density at radius 3 is 2.32 bits per heavy atom. The third-order valence-electron chi connectivity index (χ3n) is 2.37. The first-order valence-electron chi connectivity index (χ1n) is 5.71. The smallest absolute Gasteiger partial charge is 0.145 e. The SMILES string of the molecule is Nc1cccc(OCCOc2ccc(Cl)c(F)c2)c1. The van der Waals surface area contributed by atoms with E-state index in [-0.39, 0.29) is 5.02 Å². The number of ether oxygens (including phenoxy) is 2. The van der Waals surface area contributed by atoms with E-state index in [0.717, 1.165) is 0 Å². The van der Waals surface area contributed by atoms with Crippen molar-refractivity contribution in [1.82, 2.24) is 0 Å². The summed E-state index contributed by atoms with van der Waals surface area (Å²) in [5.74, 6) is 0.583. The highest BCUT2D eigenvalue weighted by Gasteiger charge is 2.02. The molecule has 19 heavy (non-hydrogen) atoms. The molecule has 2 N–H and O–H groups in total. The Hall–Kier alpha value is -1.94. The summed E-state index contributed by atoms with van der Waals surface area (Å²) < 4.78 is 23.9. The van der Waals surface area contributed by atoms with Crippen LogP contribution in [0.3, 0.4) is 0 Å². The third-order valence-corrected chi connectivity index (χ3v) is 2.68. The second kappa shape index (κ2) is 6.29. The number of nitrogens with two attached hydrogens (primary N) is 1. The van der Waals surface area contributed by atoms with Crippen LogP contribution in [-0.4, -0.2) is 13.2 Å². The Kier molecular flexibility index (Phi) is 4.47. The minimum Gasteiger partial charge on any atom is -0.490 e. The second-order valence-electron chi connectivity index (χ2n) is 3.85. The third kappa shape index (κ3) is 4.03. The molecule has 0 fully saturated rings. The standard InChI is InChI=1S/C14H13ClFNO2/c15-13-5-4-12(9-14(13)16)19-7-6-18-11-3-1-2-10(17)8-11/h1-5,8-9H,6-7,17H2. The minimum atomic E-state index is -0.504. The predicted molar refractivity (Wildman–Crippen MR) is 73.3 cm³/mol.